The van der Waals surface area contributed by atoms with Crippen molar-refractivity contribution in [1.82, 2.24) is 0 Å². The molecule has 0 bridgehead atoms. The maximum absolute atomic E-state index is 11.5. The van der Waals surface area contributed by atoms with E-state index in [4.69, 9.17) is 14.8 Å². The Bertz CT molecular complexity index is 528. The summed E-state index contributed by atoms with van der Waals surface area (Å²) in [7, 11) is -4.59. The predicted octanol–water partition coefficient (Wildman–Crippen LogP) is -3.75. The molecule has 3 N–H and O–H groups in total. The molecule has 0 amide bonds. The minimum absolute atomic E-state index is 0. The molecule has 0 radical (unpaired) electrons. The number of hydrogen-bond donors (Lipinski definition) is 3. The Hall–Kier alpha value is -0.480. The van der Waals surface area contributed by atoms with Crippen LogP contribution >= 0.6 is 0 Å². The number of ether oxygens (including phenoxy) is 1. The molecule has 0 aliphatic carbocycles. The van der Waals surface area contributed by atoms with E-state index in [1.54, 1.807) is 0 Å². The number of rotatable bonds is 5. The van der Waals surface area contributed by atoms with Crippen LogP contribution in [0.2, 0.25) is 0 Å². The molecule has 0 saturated heterocycles. The number of benzene rings is 1. The first-order valence-electron chi connectivity index (χ1n) is 4.80. The van der Waals surface area contributed by atoms with Crippen molar-refractivity contribution in [2.24, 2.45) is 0 Å². The summed E-state index contributed by atoms with van der Waals surface area (Å²) in [5, 5.41) is 17.5. The van der Waals surface area contributed by atoms with Gasteiger partial charge in [-0.25, -0.2) is 0 Å². The molecule has 0 aliphatic heterocycles. The fraction of sp³-hybridized carbons (Fsp3) is 0.300. The number of hydrogen-bond acceptors (Lipinski definition) is 6. The van der Waals surface area contributed by atoms with Crippen molar-refractivity contribution < 1.29 is 62.3 Å². The van der Waals surface area contributed by atoms with E-state index in [1.807, 2.05) is 0 Å². The Balaban J connectivity index is 0.00000324. The van der Waals surface area contributed by atoms with Crippen molar-refractivity contribution in [2.75, 3.05) is 13.2 Å². The Morgan fingerprint density at radius 1 is 1.47 bits per heavy atom. The van der Waals surface area contributed by atoms with Crippen LogP contribution in [0, 0.1) is 6.07 Å². The third kappa shape index (κ3) is 5.57. The van der Waals surface area contributed by atoms with Crippen molar-refractivity contribution in [2.45, 2.75) is 11.0 Å². The van der Waals surface area contributed by atoms with Crippen molar-refractivity contribution >= 4 is 16.1 Å². The normalized spacial score (nSPS) is 12.4. The number of carbonyl (C=O) groups excluding carboxylic acids is 1. The monoisotopic (exact) mass is 298 g/mol. The number of carbonyl (C=O) groups is 1. The average Bonchev–Trinajstić information content (AvgIpc) is 2.34. The van der Waals surface area contributed by atoms with E-state index in [0.717, 1.165) is 6.07 Å². The Labute approximate surface area is 132 Å². The largest absolute Gasteiger partial charge is 1.00 e. The maximum Gasteiger partial charge on any atom is 1.00 e. The number of esters is 1. The Morgan fingerprint density at radius 3 is 2.63 bits per heavy atom. The van der Waals surface area contributed by atoms with Crippen LogP contribution in [-0.4, -0.2) is 48.5 Å². The SMILES string of the molecule is O=C(OCC(O)CO)c1ccc[c-]c1S(=O)(=O)O.[Na+]. The number of aliphatic hydroxyl groups is 2. The van der Waals surface area contributed by atoms with E-state index in [2.05, 4.69) is 10.8 Å². The summed E-state index contributed by atoms with van der Waals surface area (Å²) in [5.74, 6) is -1.05. The molecule has 0 aliphatic rings. The van der Waals surface area contributed by atoms with Gasteiger partial charge in [0.15, 0.2) is 0 Å². The molecule has 0 heterocycles. The zero-order valence-corrected chi connectivity index (χ0v) is 12.9. The molecule has 1 unspecified atom stereocenters. The predicted molar refractivity (Wildman–Crippen MR) is 58.5 cm³/mol. The van der Waals surface area contributed by atoms with E-state index in [9.17, 15) is 13.2 Å². The van der Waals surface area contributed by atoms with Crippen molar-refractivity contribution in [1.29, 1.82) is 0 Å². The molecule has 19 heavy (non-hydrogen) atoms. The van der Waals surface area contributed by atoms with Crippen molar-refractivity contribution in [3.05, 3.63) is 29.8 Å². The van der Waals surface area contributed by atoms with Gasteiger partial charge in [0.25, 0.3) is 16.1 Å². The quantitative estimate of drug-likeness (QED) is 0.221. The fourth-order valence-corrected chi connectivity index (χ4v) is 1.74. The van der Waals surface area contributed by atoms with Gasteiger partial charge in [-0.3, -0.25) is 9.35 Å². The van der Waals surface area contributed by atoms with E-state index in [0.29, 0.717) is 0 Å². The maximum atomic E-state index is 11.5. The second-order valence-corrected chi connectivity index (χ2v) is 4.68. The molecular formula is C10H11NaO7S. The van der Waals surface area contributed by atoms with Crippen LogP contribution in [0.4, 0.5) is 0 Å². The van der Waals surface area contributed by atoms with Crippen molar-refractivity contribution in [3.63, 3.8) is 0 Å². The average molecular weight is 298 g/mol. The van der Waals surface area contributed by atoms with Gasteiger partial charge in [0, 0.05) is 0 Å². The summed E-state index contributed by atoms with van der Waals surface area (Å²) in [6, 6.07) is 5.89. The summed E-state index contributed by atoms with van der Waals surface area (Å²) in [6.45, 7) is -1.09. The van der Waals surface area contributed by atoms with Gasteiger partial charge in [0.1, 0.15) is 12.7 Å². The molecule has 100 valence electrons. The standard InChI is InChI=1S/C10H11O7S.Na/c11-5-7(12)6-17-10(13)8-3-1-2-4-9(8)18(14,15)16;/h1-3,7,11-12H,5-6H2,(H,14,15,16);/q-1;+1. The van der Waals surface area contributed by atoms with E-state index in [-0.39, 0.29) is 29.6 Å². The van der Waals surface area contributed by atoms with Crippen molar-refractivity contribution in [3.8, 4) is 0 Å². The van der Waals surface area contributed by atoms with Gasteiger partial charge >= 0.3 is 29.6 Å². The summed E-state index contributed by atoms with van der Waals surface area (Å²) in [4.78, 5) is 10.8. The third-order valence-electron chi connectivity index (χ3n) is 1.91. The molecule has 1 aromatic rings. The summed E-state index contributed by atoms with van der Waals surface area (Å²) >= 11 is 0. The van der Waals surface area contributed by atoms with Gasteiger partial charge in [0.05, 0.1) is 6.61 Å². The molecule has 0 saturated carbocycles. The first-order valence-corrected chi connectivity index (χ1v) is 6.24. The second-order valence-electron chi connectivity index (χ2n) is 3.32. The minimum atomic E-state index is -4.59. The van der Waals surface area contributed by atoms with Crippen LogP contribution in [0.3, 0.4) is 0 Å². The molecule has 1 rings (SSSR count). The van der Waals surface area contributed by atoms with Crippen LogP contribution in [-0.2, 0) is 14.9 Å². The summed E-state index contributed by atoms with van der Waals surface area (Å²) < 4.78 is 35.4. The second kappa shape index (κ2) is 7.95. The van der Waals surface area contributed by atoms with Crippen LogP contribution in [0.15, 0.2) is 23.1 Å². The molecule has 1 atom stereocenters. The molecular weight excluding hydrogens is 287 g/mol. The molecule has 9 heteroatoms. The Kier molecular flexibility index (Phi) is 7.75. The fourth-order valence-electron chi connectivity index (χ4n) is 1.10. The van der Waals surface area contributed by atoms with Gasteiger partial charge in [-0.15, -0.1) is 0 Å². The van der Waals surface area contributed by atoms with Crippen LogP contribution < -0.4 is 29.6 Å². The van der Waals surface area contributed by atoms with Crippen LogP contribution in [0.25, 0.3) is 0 Å². The van der Waals surface area contributed by atoms with Gasteiger partial charge < -0.3 is 14.9 Å². The molecule has 0 spiro atoms. The minimum Gasteiger partial charge on any atom is -0.468 e. The summed E-state index contributed by atoms with van der Waals surface area (Å²) in [6.07, 6.45) is -1.25. The molecule has 0 fully saturated rings. The van der Waals surface area contributed by atoms with Gasteiger partial charge in [-0.2, -0.15) is 32.7 Å². The number of aliphatic hydroxyl groups excluding tert-OH is 2. The Morgan fingerprint density at radius 2 is 2.11 bits per heavy atom. The van der Waals surface area contributed by atoms with E-state index in [1.165, 1.54) is 12.1 Å². The molecule has 7 nitrogen and oxygen atoms in total. The van der Waals surface area contributed by atoms with E-state index < -0.39 is 45.9 Å². The zero-order valence-electron chi connectivity index (χ0n) is 10.1. The van der Waals surface area contributed by atoms with Gasteiger partial charge in [-0.05, 0) is 10.5 Å². The molecule has 0 aromatic heterocycles. The first kappa shape index (κ1) is 18.5. The van der Waals surface area contributed by atoms with Crippen LogP contribution in [0.5, 0.6) is 0 Å². The van der Waals surface area contributed by atoms with Crippen LogP contribution in [0.1, 0.15) is 10.4 Å². The third-order valence-corrected chi connectivity index (χ3v) is 2.77. The van der Waals surface area contributed by atoms with Gasteiger partial charge in [-0.1, -0.05) is 0 Å². The topological polar surface area (TPSA) is 121 Å². The smallest absolute Gasteiger partial charge is 0.468 e. The van der Waals surface area contributed by atoms with Gasteiger partial charge in [0.2, 0.25) is 0 Å². The summed E-state index contributed by atoms with van der Waals surface area (Å²) in [5.41, 5.74) is -0.398. The first-order chi connectivity index (χ1) is 8.36. The van der Waals surface area contributed by atoms with E-state index >= 15 is 0 Å². The molecule has 1 aromatic carbocycles. The zero-order chi connectivity index (χ0) is 13.8.